The van der Waals surface area contributed by atoms with Crippen LogP contribution in [-0.2, 0) is 16.6 Å². The Balaban J connectivity index is 1.73. The molecule has 0 spiro atoms. The van der Waals surface area contributed by atoms with Crippen LogP contribution in [0.1, 0.15) is 11.1 Å². The van der Waals surface area contributed by atoms with Gasteiger partial charge in [-0.2, -0.15) is 5.26 Å². The van der Waals surface area contributed by atoms with Crippen LogP contribution in [0.5, 0.6) is 11.5 Å². The topological polar surface area (TPSA) is 79.2 Å². The van der Waals surface area contributed by atoms with Gasteiger partial charge in [-0.3, -0.25) is 0 Å². The molecule has 0 aliphatic heterocycles. The Kier molecular flexibility index (Phi) is 5.77. The fourth-order valence-electron chi connectivity index (χ4n) is 2.37. The zero-order chi connectivity index (χ0) is 19.3. The van der Waals surface area contributed by atoms with Crippen molar-refractivity contribution in [1.82, 2.24) is 4.72 Å². The predicted octanol–water partition coefficient (Wildman–Crippen LogP) is 4.48. The number of nitriles is 1. The van der Waals surface area contributed by atoms with Crippen molar-refractivity contribution in [2.24, 2.45) is 0 Å². The maximum Gasteiger partial charge on any atom is 0.240 e. The highest BCUT2D eigenvalue weighted by Crippen LogP contribution is 2.30. The first-order valence-corrected chi connectivity index (χ1v) is 9.86. The second kappa shape index (κ2) is 8.23. The molecule has 3 aromatic carbocycles. The van der Waals surface area contributed by atoms with E-state index in [0.717, 1.165) is 5.56 Å². The Hall–Kier alpha value is -2.85. The third-order valence-electron chi connectivity index (χ3n) is 3.76. The molecule has 0 saturated heterocycles. The van der Waals surface area contributed by atoms with Gasteiger partial charge in [0.15, 0.2) is 0 Å². The average Bonchev–Trinajstić information content (AvgIpc) is 2.68. The van der Waals surface area contributed by atoms with Crippen LogP contribution in [0.3, 0.4) is 0 Å². The largest absolute Gasteiger partial charge is 0.456 e. The molecule has 0 radical (unpaired) electrons. The molecule has 1 N–H and O–H groups in total. The van der Waals surface area contributed by atoms with Crippen LogP contribution >= 0.6 is 11.6 Å². The summed E-state index contributed by atoms with van der Waals surface area (Å²) < 4.78 is 33.0. The van der Waals surface area contributed by atoms with Crippen molar-refractivity contribution in [3.05, 3.63) is 88.9 Å². The van der Waals surface area contributed by atoms with E-state index in [1.54, 1.807) is 18.2 Å². The third kappa shape index (κ3) is 4.66. The van der Waals surface area contributed by atoms with E-state index in [4.69, 9.17) is 16.3 Å². The van der Waals surface area contributed by atoms with Crippen molar-refractivity contribution in [2.45, 2.75) is 11.4 Å². The molecular formula is C20H15ClN2O3S. The molecule has 0 fully saturated rings. The summed E-state index contributed by atoms with van der Waals surface area (Å²) in [7, 11) is -3.65. The lowest BCUT2D eigenvalue weighted by Gasteiger charge is -2.10. The van der Waals surface area contributed by atoms with Gasteiger partial charge in [-0.1, -0.05) is 48.0 Å². The Labute approximate surface area is 162 Å². The molecule has 27 heavy (non-hydrogen) atoms. The number of nitrogens with one attached hydrogen (secondary N) is 1. The molecule has 0 aromatic heterocycles. The molecule has 0 heterocycles. The maximum absolute atomic E-state index is 12.4. The summed E-state index contributed by atoms with van der Waals surface area (Å²) >= 11 is 5.98. The van der Waals surface area contributed by atoms with Crippen LogP contribution < -0.4 is 9.46 Å². The molecule has 0 aliphatic carbocycles. The number of benzene rings is 3. The van der Waals surface area contributed by atoms with Crippen molar-refractivity contribution >= 4 is 21.6 Å². The number of hydrogen-bond acceptors (Lipinski definition) is 4. The zero-order valence-electron chi connectivity index (χ0n) is 14.1. The number of hydrogen-bond donors (Lipinski definition) is 1. The Morgan fingerprint density at radius 2 is 1.67 bits per heavy atom. The van der Waals surface area contributed by atoms with E-state index in [1.165, 1.54) is 24.3 Å². The first kappa shape index (κ1) is 18.9. The first-order chi connectivity index (χ1) is 13.0. The van der Waals surface area contributed by atoms with Gasteiger partial charge in [0, 0.05) is 6.54 Å². The minimum Gasteiger partial charge on any atom is -0.456 e. The van der Waals surface area contributed by atoms with E-state index >= 15 is 0 Å². The molecule has 0 aliphatic rings. The number of rotatable bonds is 6. The molecule has 0 atom stereocenters. The van der Waals surface area contributed by atoms with E-state index in [0.29, 0.717) is 16.5 Å². The van der Waals surface area contributed by atoms with Gasteiger partial charge < -0.3 is 4.74 Å². The molecule has 5 nitrogen and oxygen atoms in total. The standard InChI is InChI=1S/C20H15ClN2O3S/c21-19-7-4-8-20(18(19)13-22)26-16-9-11-17(12-10-16)27(24,25)23-14-15-5-2-1-3-6-15/h1-12,23H,14H2. The monoisotopic (exact) mass is 398 g/mol. The minimum absolute atomic E-state index is 0.123. The normalized spacial score (nSPS) is 11.0. The lowest BCUT2D eigenvalue weighted by Crippen LogP contribution is -2.23. The average molecular weight is 399 g/mol. The SMILES string of the molecule is N#Cc1c(Cl)cccc1Oc1ccc(S(=O)(=O)NCc2ccccc2)cc1. The fraction of sp³-hybridized carbons (Fsp3) is 0.0500. The van der Waals surface area contributed by atoms with Crippen molar-refractivity contribution in [2.75, 3.05) is 0 Å². The second-order valence-electron chi connectivity index (χ2n) is 5.61. The van der Waals surface area contributed by atoms with Crippen LogP contribution in [0.2, 0.25) is 5.02 Å². The van der Waals surface area contributed by atoms with Gasteiger partial charge in [-0.25, -0.2) is 13.1 Å². The van der Waals surface area contributed by atoms with Gasteiger partial charge >= 0.3 is 0 Å². The van der Waals surface area contributed by atoms with Gasteiger partial charge in [-0.05, 0) is 42.0 Å². The van der Waals surface area contributed by atoms with Gasteiger partial charge in [-0.15, -0.1) is 0 Å². The molecule has 0 bridgehead atoms. The highest BCUT2D eigenvalue weighted by Gasteiger charge is 2.14. The van der Waals surface area contributed by atoms with Crippen molar-refractivity contribution < 1.29 is 13.2 Å². The van der Waals surface area contributed by atoms with Crippen LogP contribution in [0.25, 0.3) is 0 Å². The highest BCUT2D eigenvalue weighted by molar-refractivity contribution is 7.89. The number of halogens is 1. The smallest absolute Gasteiger partial charge is 0.240 e. The summed E-state index contributed by atoms with van der Waals surface area (Å²) in [4.78, 5) is 0.123. The van der Waals surface area contributed by atoms with E-state index in [9.17, 15) is 13.7 Å². The molecule has 0 amide bonds. The van der Waals surface area contributed by atoms with Gasteiger partial charge in [0.05, 0.1) is 9.92 Å². The number of sulfonamides is 1. The summed E-state index contributed by atoms with van der Waals surface area (Å²) in [6, 6.07) is 22.1. The molecule has 3 aromatic rings. The minimum atomic E-state index is -3.65. The second-order valence-corrected chi connectivity index (χ2v) is 7.78. The summed E-state index contributed by atoms with van der Waals surface area (Å²) in [5, 5.41) is 9.47. The first-order valence-electron chi connectivity index (χ1n) is 8.00. The van der Waals surface area contributed by atoms with Gasteiger partial charge in [0.2, 0.25) is 10.0 Å². The lowest BCUT2D eigenvalue weighted by atomic mass is 10.2. The summed E-state index contributed by atoms with van der Waals surface area (Å²) in [5.74, 6) is 0.707. The molecule has 7 heteroatoms. The number of ether oxygens (including phenoxy) is 1. The van der Waals surface area contributed by atoms with Crippen molar-refractivity contribution in [3.8, 4) is 17.6 Å². The third-order valence-corrected chi connectivity index (χ3v) is 5.49. The number of nitrogens with zero attached hydrogens (tertiary/aromatic N) is 1. The van der Waals surface area contributed by atoms with Crippen LogP contribution in [0.4, 0.5) is 0 Å². The zero-order valence-corrected chi connectivity index (χ0v) is 15.7. The molecule has 136 valence electrons. The Bertz CT molecular complexity index is 1080. The summed E-state index contributed by atoms with van der Waals surface area (Å²) in [6.07, 6.45) is 0. The quantitative estimate of drug-likeness (QED) is 0.663. The Morgan fingerprint density at radius 1 is 0.963 bits per heavy atom. The van der Waals surface area contributed by atoms with Crippen molar-refractivity contribution in [1.29, 1.82) is 5.26 Å². The fourth-order valence-corrected chi connectivity index (χ4v) is 3.60. The van der Waals surface area contributed by atoms with Crippen LogP contribution in [0.15, 0.2) is 77.7 Å². The van der Waals surface area contributed by atoms with E-state index in [-0.39, 0.29) is 17.0 Å². The summed E-state index contributed by atoms with van der Waals surface area (Å²) in [5.41, 5.74) is 1.09. The van der Waals surface area contributed by atoms with Gasteiger partial charge in [0.1, 0.15) is 23.1 Å². The van der Waals surface area contributed by atoms with E-state index < -0.39 is 10.0 Å². The van der Waals surface area contributed by atoms with E-state index in [2.05, 4.69) is 4.72 Å². The van der Waals surface area contributed by atoms with Crippen LogP contribution in [-0.4, -0.2) is 8.42 Å². The van der Waals surface area contributed by atoms with Gasteiger partial charge in [0.25, 0.3) is 0 Å². The Morgan fingerprint density at radius 3 is 2.33 bits per heavy atom. The molecular weight excluding hydrogens is 384 g/mol. The maximum atomic E-state index is 12.4. The van der Waals surface area contributed by atoms with E-state index in [1.807, 2.05) is 36.4 Å². The molecule has 0 unspecified atom stereocenters. The van der Waals surface area contributed by atoms with Crippen molar-refractivity contribution in [3.63, 3.8) is 0 Å². The summed E-state index contributed by atoms with van der Waals surface area (Å²) in [6.45, 7) is 0.204. The molecule has 3 rings (SSSR count). The lowest BCUT2D eigenvalue weighted by molar-refractivity contribution is 0.480. The van der Waals surface area contributed by atoms with Crippen LogP contribution in [0, 0.1) is 11.3 Å². The molecule has 0 saturated carbocycles. The highest BCUT2D eigenvalue weighted by atomic mass is 35.5. The predicted molar refractivity (Wildman–Crippen MR) is 103 cm³/mol.